The van der Waals surface area contributed by atoms with Crippen molar-refractivity contribution in [2.45, 2.75) is 19.3 Å². The van der Waals surface area contributed by atoms with Crippen LogP contribution < -0.4 is 19.3 Å². The maximum Gasteiger partial charge on any atom is 0.316 e. The molecule has 1 atom stereocenters. The minimum atomic E-state index is -0.751. The van der Waals surface area contributed by atoms with Gasteiger partial charge in [-0.2, -0.15) is 0 Å². The number of nitrogens with zero attached hydrogens (tertiary/aromatic N) is 3. The molecule has 2 fully saturated rings. The van der Waals surface area contributed by atoms with E-state index in [1.165, 1.54) is 54.5 Å². The molecule has 2 aliphatic rings. The number of esters is 1. The maximum absolute atomic E-state index is 12.6. The molecule has 3 amide bonds. The van der Waals surface area contributed by atoms with Crippen LogP contribution in [0.2, 0.25) is 0 Å². The van der Waals surface area contributed by atoms with Gasteiger partial charge in [0.1, 0.15) is 11.5 Å². The van der Waals surface area contributed by atoms with E-state index in [4.69, 9.17) is 9.47 Å². The molecule has 2 saturated heterocycles. The number of methoxy groups -OCH3 is 1. The Morgan fingerprint density at radius 3 is 2.30 bits per heavy atom. The molecule has 2 heterocycles. The van der Waals surface area contributed by atoms with Crippen LogP contribution in [0.25, 0.3) is 0 Å². The SMILES string of the molecule is COc1cc([N+](=O)[O-])ccc1N1C[C@H](C(=O)Oc2ccc(N3C(=O)CCC3=O)cc2)CC1=O. The summed E-state index contributed by atoms with van der Waals surface area (Å²) in [6.45, 7) is 0.0285. The number of imide groups is 1. The van der Waals surface area contributed by atoms with Gasteiger partial charge in [0.05, 0.1) is 35.4 Å². The molecule has 170 valence electrons. The number of ether oxygens (including phenoxy) is 2. The normalized spacial score (nSPS) is 18.1. The summed E-state index contributed by atoms with van der Waals surface area (Å²) in [5.41, 5.74) is 0.543. The average Bonchev–Trinajstić information content (AvgIpc) is 3.35. The zero-order valence-corrected chi connectivity index (χ0v) is 17.6. The topological polar surface area (TPSA) is 136 Å². The number of nitro benzene ring substituents is 1. The lowest BCUT2D eigenvalue weighted by Crippen LogP contribution is -2.28. The van der Waals surface area contributed by atoms with Crippen LogP contribution in [0.15, 0.2) is 42.5 Å². The van der Waals surface area contributed by atoms with Gasteiger partial charge in [0.25, 0.3) is 5.69 Å². The van der Waals surface area contributed by atoms with Gasteiger partial charge in [-0.15, -0.1) is 0 Å². The van der Waals surface area contributed by atoms with E-state index in [2.05, 4.69) is 0 Å². The molecule has 0 radical (unpaired) electrons. The van der Waals surface area contributed by atoms with Crippen molar-refractivity contribution in [1.82, 2.24) is 0 Å². The number of hydrogen-bond donors (Lipinski definition) is 0. The van der Waals surface area contributed by atoms with Crippen LogP contribution in [0.1, 0.15) is 19.3 Å². The number of hydrogen-bond acceptors (Lipinski definition) is 8. The highest BCUT2D eigenvalue weighted by molar-refractivity contribution is 6.19. The summed E-state index contributed by atoms with van der Waals surface area (Å²) < 4.78 is 10.6. The van der Waals surface area contributed by atoms with E-state index in [1.807, 2.05) is 0 Å². The third kappa shape index (κ3) is 4.25. The molecule has 11 heteroatoms. The average molecular weight is 453 g/mol. The Morgan fingerprint density at radius 1 is 1.03 bits per heavy atom. The van der Waals surface area contributed by atoms with Crippen LogP contribution in [0, 0.1) is 16.0 Å². The summed E-state index contributed by atoms with van der Waals surface area (Å²) in [5, 5.41) is 11.0. The second kappa shape index (κ2) is 8.69. The molecule has 0 aromatic heterocycles. The largest absolute Gasteiger partial charge is 0.494 e. The molecule has 11 nitrogen and oxygen atoms in total. The van der Waals surface area contributed by atoms with Crippen LogP contribution in [0.4, 0.5) is 17.1 Å². The van der Waals surface area contributed by atoms with Crippen molar-refractivity contribution in [2.75, 3.05) is 23.5 Å². The first-order valence-corrected chi connectivity index (χ1v) is 10.1. The first kappa shape index (κ1) is 21.9. The van der Waals surface area contributed by atoms with Crippen LogP contribution in [-0.4, -0.2) is 42.3 Å². The van der Waals surface area contributed by atoms with Crippen molar-refractivity contribution in [3.8, 4) is 11.5 Å². The molecular formula is C22H19N3O8. The number of amides is 3. The van der Waals surface area contributed by atoms with Gasteiger partial charge in [-0.05, 0) is 30.3 Å². The van der Waals surface area contributed by atoms with Crippen molar-refractivity contribution in [3.63, 3.8) is 0 Å². The lowest BCUT2D eigenvalue weighted by Gasteiger charge is -2.19. The second-order valence-corrected chi connectivity index (χ2v) is 7.56. The third-order valence-corrected chi connectivity index (χ3v) is 5.49. The summed E-state index contributed by atoms with van der Waals surface area (Å²) in [6, 6.07) is 9.84. The number of anilines is 2. The Balaban J connectivity index is 1.44. The van der Waals surface area contributed by atoms with Gasteiger partial charge in [-0.25, -0.2) is 0 Å². The van der Waals surface area contributed by atoms with E-state index in [1.54, 1.807) is 0 Å². The van der Waals surface area contributed by atoms with Crippen molar-refractivity contribution in [2.24, 2.45) is 5.92 Å². The molecule has 4 rings (SSSR count). The van der Waals surface area contributed by atoms with Crippen LogP contribution in [0.3, 0.4) is 0 Å². The maximum atomic E-state index is 12.6. The minimum absolute atomic E-state index is 0.0285. The molecule has 0 aliphatic carbocycles. The van der Waals surface area contributed by atoms with E-state index in [0.717, 1.165) is 4.90 Å². The van der Waals surface area contributed by atoms with Crippen LogP contribution in [0.5, 0.6) is 11.5 Å². The van der Waals surface area contributed by atoms with Gasteiger partial charge in [0, 0.05) is 31.9 Å². The van der Waals surface area contributed by atoms with E-state index < -0.39 is 16.8 Å². The fraction of sp³-hybridized carbons (Fsp3) is 0.273. The fourth-order valence-electron chi connectivity index (χ4n) is 3.83. The molecule has 0 unspecified atom stereocenters. The summed E-state index contributed by atoms with van der Waals surface area (Å²) >= 11 is 0. The van der Waals surface area contributed by atoms with Gasteiger partial charge in [-0.3, -0.25) is 34.2 Å². The molecule has 0 saturated carbocycles. The zero-order chi connectivity index (χ0) is 23.7. The Hall–Kier alpha value is -4.28. The van der Waals surface area contributed by atoms with Gasteiger partial charge < -0.3 is 14.4 Å². The van der Waals surface area contributed by atoms with Gasteiger partial charge in [0.15, 0.2) is 0 Å². The van der Waals surface area contributed by atoms with Crippen molar-refractivity contribution in [3.05, 3.63) is 52.6 Å². The van der Waals surface area contributed by atoms with E-state index in [9.17, 15) is 29.3 Å². The lowest BCUT2D eigenvalue weighted by molar-refractivity contribution is -0.384. The fourth-order valence-corrected chi connectivity index (χ4v) is 3.83. The molecule has 33 heavy (non-hydrogen) atoms. The van der Waals surface area contributed by atoms with E-state index in [-0.39, 0.29) is 60.7 Å². The number of carbonyl (C=O) groups is 4. The van der Waals surface area contributed by atoms with Crippen molar-refractivity contribution < 1.29 is 33.6 Å². The van der Waals surface area contributed by atoms with Crippen LogP contribution in [-0.2, 0) is 19.2 Å². The summed E-state index contributed by atoms with van der Waals surface area (Å²) in [6.07, 6.45) is 0.247. The molecule has 0 N–H and O–H groups in total. The number of nitro groups is 1. The molecule has 0 bridgehead atoms. The smallest absolute Gasteiger partial charge is 0.316 e. The Kier molecular flexibility index (Phi) is 5.78. The monoisotopic (exact) mass is 453 g/mol. The Bertz CT molecular complexity index is 1140. The Morgan fingerprint density at radius 2 is 1.70 bits per heavy atom. The highest BCUT2D eigenvalue weighted by atomic mass is 16.6. The first-order chi connectivity index (χ1) is 15.8. The summed E-state index contributed by atoms with van der Waals surface area (Å²) in [4.78, 5) is 61.7. The summed E-state index contributed by atoms with van der Waals surface area (Å²) in [5.74, 6) is -1.92. The highest BCUT2D eigenvalue weighted by Crippen LogP contribution is 2.36. The third-order valence-electron chi connectivity index (χ3n) is 5.49. The minimum Gasteiger partial charge on any atom is -0.494 e. The quantitative estimate of drug-likeness (QED) is 0.213. The zero-order valence-electron chi connectivity index (χ0n) is 17.6. The lowest BCUT2D eigenvalue weighted by atomic mass is 10.1. The molecule has 2 aromatic rings. The summed E-state index contributed by atoms with van der Waals surface area (Å²) in [7, 11) is 1.34. The molecule has 2 aliphatic heterocycles. The number of carbonyl (C=O) groups excluding carboxylic acids is 4. The number of rotatable bonds is 6. The predicted octanol–water partition coefficient (Wildman–Crippen LogP) is 2.22. The number of benzene rings is 2. The number of non-ortho nitro benzene ring substituents is 1. The first-order valence-electron chi connectivity index (χ1n) is 10.1. The van der Waals surface area contributed by atoms with Crippen LogP contribution >= 0.6 is 0 Å². The van der Waals surface area contributed by atoms with Gasteiger partial charge >= 0.3 is 5.97 Å². The van der Waals surface area contributed by atoms with E-state index in [0.29, 0.717) is 11.4 Å². The molecular weight excluding hydrogens is 434 g/mol. The Labute approximate surface area is 187 Å². The van der Waals surface area contributed by atoms with Crippen molar-refractivity contribution >= 4 is 40.8 Å². The standard InChI is InChI=1S/C22H19N3O8/c1-32-18-11-15(25(30)31)4-7-17(18)23-12-13(10-21(23)28)22(29)33-16-5-2-14(3-6-16)24-19(26)8-9-20(24)27/h2-7,11,13H,8-10,12H2,1H3/t13-/m1/s1. The van der Waals surface area contributed by atoms with Gasteiger partial charge in [0.2, 0.25) is 17.7 Å². The van der Waals surface area contributed by atoms with Gasteiger partial charge in [-0.1, -0.05) is 0 Å². The second-order valence-electron chi connectivity index (χ2n) is 7.56. The highest BCUT2D eigenvalue weighted by Gasteiger charge is 2.38. The van der Waals surface area contributed by atoms with Crippen molar-refractivity contribution in [1.29, 1.82) is 0 Å². The predicted molar refractivity (Wildman–Crippen MR) is 114 cm³/mol. The molecule has 0 spiro atoms. The molecule has 2 aromatic carbocycles. The van der Waals surface area contributed by atoms with E-state index >= 15 is 0 Å².